The second-order valence-electron chi connectivity index (χ2n) is 5.55. The van der Waals surface area contributed by atoms with Crippen molar-refractivity contribution in [2.45, 2.75) is 32.3 Å². The van der Waals surface area contributed by atoms with Crippen molar-refractivity contribution in [3.8, 4) is 0 Å². The fourth-order valence-electron chi connectivity index (χ4n) is 3.04. The number of aryl methyl sites for hydroxylation is 2. The number of hydrogen-bond donors (Lipinski definition) is 1. The van der Waals surface area contributed by atoms with Gasteiger partial charge < -0.3 is 10.5 Å². The summed E-state index contributed by atoms with van der Waals surface area (Å²) in [6.07, 6.45) is -0.000437. The van der Waals surface area contributed by atoms with Crippen molar-refractivity contribution in [3.63, 3.8) is 0 Å². The lowest BCUT2D eigenvalue weighted by Crippen LogP contribution is -2.32. The molecule has 0 radical (unpaired) electrons. The van der Waals surface area contributed by atoms with Crippen molar-refractivity contribution >= 4 is 23.2 Å². The summed E-state index contributed by atoms with van der Waals surface area (Å²) in [7, 11) is 0. The quantitative estimate of drug-likeness (QED) is 0.885. The first kappa shape index (κ1) is 14.8. The fraction of sp³-hybridized carbons (Fsp3) is 0.294. The van der Waals surface area contributed by atoms with E-state index < -0.39 is 17.9 Å². The largest absolute Gasteiger partial charge is 0.457 e. The molecule has 2 N–H and O–H groups in total. The second kappa shape index (κ2) is 5.57. The van der Waals surface area contributed by atoms with E-state index >= 15 is 0 Å². The van der Waals surface area contributed by atoms with E-state index in [9.17, 15) is 9.59 Å². The Hall–Kier alpha value is -2.14. The van der Waals surface area contributed by atoms with E-state index in [1.807, 2.05) is 44.2 Å². The number of thiophene rings is 1. The van der Waals surface area contributed by atoms with Crippen molar-refractivity contribution in [2.75, 3.05) is 0 Å². The number of fused-ring (bicyclic) bond motifs is 1. The number of primary amides is 1. The van der Waals surface area contributed by atoms with Gasteiger partial charge in [-0.3, -0.25) is 4.79 Å². The van der Waals surface area contributed by atoms with Gasteiger partial charge in [0, 0.05) is 16.2 Å². The third-order valence-corrected chi connectivity index (χ3v) is 4.97. The van der Waals surface area contributed by atoms with Crippen molar-refractivity contribution in [1.82, 2.24) is 0 Å². The molecular weight excluding hydrogens is 298 g/mol. The first-order chi connectivity index (χ1) is 10.5. The lowest BCUT2D eigenvalue weighted by atomic mass is 9.99. The molecule has 1 aromatic carbocycles. The molecule has 1 heterocycles. The maximum absolute atomic E-state index is 12.4. The highest BCUT2D eigenvalue weighted by molar-refractivity contribution is 7.12. The van der Waals surface area contributed by atoms with Crippen LogP contribution < -0.4 is 5.73 Å². The Morgan fingerprint density at radius 2 is 2.00 bits per heavy atom. The maximum atomic E-state index is 12.4. The molecular formula is C17H17NO3S. The SMILES string of the molecule is Cc1cc(C(=O)OC2Cc3ccccc3C2C(N)=O)c(C)s1. The van der Waals surface area contributed by atoms with E-state index in [0.717, 1.165) is 20.9 Å². The third-order valence-electron chi connectivity index (χ3n) is 4.01. The van der Waals surface area contributed by atoms with Crippen LogP contribution in [0.2, 0.25) is 0 Å². The molecule has 0 aliphatic heterocycles. The predicted octanol–water partition coefficient (Wildman–Crippen LogP) is 2.72. The molecule has 3 rings (SSSR count). The number of nitrogens with two attached hydrogens (primary N) is 1. The smallest absolute Gasteiger partial charge is 0.339 e. The summed E-state index contributed by atoms with van der Waals surface area (Å²) in [4.78, 5) is 26.2. The lowest BCUT2D eigenvalue weighted by molar-refractivity contribution is -0.121. The summed E-state index contributed by atoms with van der Waals surface area (Å²) in [5.41, 5.74) is 7.98. The van der Waals surface area contributed by atoms with Gasteiger partial charge in [-0.1, -0.05) is 24.3 Å². The molecule has 1 aliphatic rings. The number of esters is 1. The van der Waals surface area contributed by atoms with E-state index in [2.05, 4.69) is 0 Å². The van der Waals surface area contributed by atoms with Gasteiger partial charge in [-0.05, 0) is 31.0 Å². The number of rotatable bonds is 3. The van der Waals surface area contributed by atoms with E-state index in [4.69, 9.17) is 10.5 Å². The van der Waals surface area contributed by atoms with Gasteiger partial charge >= 0.3 is 5.97 Å². The summed E-state index contributed by atoms with van der Waals surface area (Å²) < 4.78 is 5.61. The zero-order valence-electron chi connectivity index (χ0n) is 12.5. The van der Waals surface area contributed by atoms with Crippen LogP contribution in [0.15, 0.2) is 30.3 Å². The topological polar surface area (TPSA) is 69.4 Å². The monoisotopic (exact) mass is 315 g/mol. The highest BCUT2D eigenvalue weighted by Gasteiger charge is 2.39. The van der Waals surface area contributed by atoms with Crippen molar-refractivity contribution < 1.29 is 14.3 Å². The molecule has 0 saturated heterocycles. The van der Waals surface area contributed by atoms with E-state index in [-0.39, 0.29) is 5.97 Å². The predicted molar refractivity (Wildman–Crippen MR) is 85.1 cm³/mol. The second-order valence-corrected chi connectivity index (χ2v) is 7.01. The molecule has 4 nitrogen and oxygen atoms in total. The van der Waals surface area contributed by atoms with Crippen LogP contribution in [0.25, 0.3) is 0 Å². The molecule has 2 aromatic rings. The van der Waals surface area contributed by atoms with Gasteiger partial charge in [-0.25, -0.2) is 4.79 Å². The van der Waals surface area contributed by atoms with Gasteiger partial charge in [-0.15, -0.1) is 11.3 Å². The Balaban J connectivity index is 1.85. The number of carbonyl (C=O) groups is 2. The summed E-state index contributed by atoms with van der Waals surface area (Å²) in [6.45, 7) is 3.84. The lowest BCUT2D eigenvalue weighted by Gasteiger charge is -2.18. The molecule has 2 unspecified atom stereocenters. The first-order valence-corrected chi connectivity index (χ1v) is 7.94. The number of amides is 1. The molecule has 1 amide bonds. The normalized spacial score (nSPS) is 19.7. The van der Waals surface area contributed by atoms with Gasteiger partial charge in [0.15, 0.2) is 0 Å². The average Bonchev–Trinajstić information content (AvgIpc) is 2.97. The van der Waals surface area contributed by atoms with E-state index in [0.29, 0.717) is 12.0 Å². The molecule has 0 fully saturated rings. The molecule has 22 heavy (non-hydrogen) atoms. The molecule has 114 valence electrons. The number of carbonyl (C=O) groups excluding carboxylic acids is 2. The zero-order chi connectivity index (χ0) is 15.9. The summed E-state index contributed by atoms with van der Waals surface area (Å²) >= 11 is 1.56. The molecule has 5 heteroatoms. The highest BCUT2D eigenvalue weighted by Crippen LogP contribution is 2.35. The minimum Gasteiger partial charge on any atom is -0.457 e. The van der Waals surface area contributed by atoms with Crippen LogP contribution in [0.4, 0.5) is 0 Å². The van der Waals surface area contributed by atoms with Crippen LogP contribution in [-0.2, 0) is 16.0 Å². The average molecular weight is 315 g/mol. The Kier molecular flexibility index (Phi) is 3.74. The van der Waals surface area contributed by atoms with Gasteiger partial charge in [0.05, 0.1) is 5.56 Å². The third kappa shape index (κ3) is 2.52. The summed E-state index contributed by atoms with van der Waals surface area (Å²) in [6, 6.07) is 9.42. The summed E-state index contributed by atoms with van der Waals surface area (Å²) in [5, 5.41) is 0. The maximum Gasteiger partial charge on any atom is 0.339 e. The van der Waals surface area contributed by atoms with E-state index in [1.165, 1.54) is 0 Å². The summed E-state index contributed by atoms with van der Waals surface area (Å²) in [5.74, 6) is -1.41. The minimum atomic E-state index is -0.569. The Morgan fingerprint density at radius 1 is 1.27 bits per heavy atom. The van der Waals surface area contributed by atoms with Gasteiger partial charge in [0.25, 0.3) is 0 Å². The molecule has 1 aromatic heterocycles. The molecule has 0 saturated carbocycles. The standard InChI is InChI=1S/C17H17NO3S/c1-9-7-13(10(2)22-9)17(20)21-14-8-11-5-3-4-6-12(11)15(14)16(18)19/h3-7,14-15H,8H2,1-2H3,(H2,18,19). The van der Waals surface area contributed by atoms with E-state index in [1.54, 1.807) is 11.3 Å². The van der Waals surface area contributed by atoms with Crippen molar-refractivity contribution in [3.05, 3.63) is 56.8 Å². The van der Waals surface area contributed by atoms with Crippen molar-refractivity contribution in [1.29, 1.82) is 0 Å². The first-order valence-electron chi connectivity index (χ1n) is 7.12. The minimum absolute atomic E-state index is 0.383. The zero-order valence-corrected chi connectivity index (χ0v) is 13.3. The van der Waals surface area contributed by atoms with Gasteiger partial charge in [0.2, 0.25) is 5.91 Å². The Bertz CT molecular complexity index is 750. The number of ether oxygens (including phenoxy) is 1. The van der Waals surface area contributed by atoms with Gasteiger partial charge in [0.1, 0.15) is 12.0 Å². The Labute approximate surface area is 132 Å². The number of benzene rings is 1. The number of hydrogen-bond acceptors (Lipinski definition) is 4. The van der Waals surface area contributed by atoms with Crippen LogP contribution in [0, 0.1) is 13.8 Å². The molecule has 0 bridgehead atoms. The van der Waals surface area contributed by atoms with Gasteiger partial charge in [-0.2, -0.15) is 0 Å². The molecule has 2 atom stereocenters. The molecule has 0 spiro atoms. The van der Waals surface area contributed by atoms with Crippen LogP contribution in [0.5, 0.6) is 0 Å². The fourth-order valence-corrected chi connectivity index (χ4v) is 3.95. The van der Waals surface area contributed by atoms with Crippen molar-refractivity contribution in [2.24, 2.45) is 5.73 Å². The van der Waals surface area contributed by atoms with Crippen LogP contribution in [0.1, 0.15) is 37.2 Å². The van der Waals surface area contributed by atoms with Crippen LogP contribution >= 0.6 is 11.3 Å². The van der Waals surface area contributed by atoms with Crippen LogP contribution in [-0.4, -0.2) is 18.0 Å². The molecule has 1 aliphatic carbocycles. The van der Waals surface area contributed by atoms with Crippen LogP contribution in [0.3, 0.4) is 0 Å². The highest BCUT2D eigenvalue weighted by atomic mass is 32.1. The Morgan fingerprint density at radius 3 is 2.64 bits per heavy atom.